The van der Waals surface area contributed by atoms with Crippen molar-refractivity contribution in [2.75, 3.05) is 0 Å². The fourth-order valence-corrected chi connectivity index (χ4v) is 1.75. The Balaban J connectivity index is 2.65. The van der Waals surface area contributed by atoms with E-state index in [1.807, 2.05) is 37.3 Å². The zero-order valence-corrected chi connectivity index (χ0v) is 8.46. The second kappa shape index (κ2) is 4.03. The number of fused-ring (bicyclic) bond motifs is 1. The standard InChI is InChI=1S/C12H11N3/c1-9(14-15-13)11-8-4-6-10-5-2-3-7-12(10)11/h2-9H,1H3/t9-/m0/s1. The predicted molar refractivity (Wildman–Crippen MR) is 61.5 cm³/mol. The van der Waals surface area contributed by atoms with Gasteiger partial charge in [-0.25, -0.2) is 0 Å². The van der Waals surface area contributed by atoms with Gasteiger partial charge in [-0.15, -0.1) is 0 Å². The van der Waals surface area contributed by atoms with Crippen molar-refractivity contribution >= 4 is 10.8 Å². The number of benzene rings is 2. The highest BCUT2D eigenvalue weighted by atomic mass is 15.1. The molecule has 1 atom stereocenters. The summed E-state index contributed by atoms with van der Waals surface area (Å²) in [6.45, 7) is 1.90. The normalized spacial score (nSPS) is 12.1. The second-order valence-corrected chi connectivity index (χ2v) is 3.45. The lowest BCUT2D eigenvalue weighted by molar-refractivity contribution is 0.816. The first-order valence-electron chi connectivity index (χ1n) is 4.85. The Labute approximate surface area is 88.0 Å². The van der Waals surface area contributed by atoms with Crippen LogP contribution in [0.5, 0.6) is 0 Å². The minimum absolute atomic E-state index is 0.124. The molecule has 0 saturated carbocycles. The van der Waals surface area contributed by atoms with Crippen LogP contribution in [0.2, 0.25) is 0 Å². The maximum absolute atomic E-state index is 8.43. The van der Waals surface area contributed by atoms with Crippen LogP contribution in [0.25, 0.3) is 21.2 Å². The minimum atomic E-state index is -0.124. The Morgan fingerprint density at radius 3 is 2.67 bits per heavy atom. The maximum atomic E-state index is 8.43. The quantitative estimate of drug-likeness (QED) is 0.393. The van der Waals surface area contributed by atoms with Gasteiger partial charge in [0.1, 0.15) is 0 Å². The summed E-state index contributed by atoms with van der Waals surface area (Å²) in [6.07, 6.45) is 0. The van der Waals surface area contributed by atoms with Crippen LogP contribution in [0, 0.1) is 0 Å². The molecule has 0 aliphatic rings. The number of hydrogen-bond acceptors (Lipinski definition) is 1. The van der Waals surface area contributed by atoms with Gasteiger partial charge >= 0.3 is 0 Å². The van der Waals surface area contributed by atoms with Crippen LogP contribution in [-0.4, -0.2) is 0 Å². The van der Waals surface area contributed by atoms with Crippen molar-refractivity contribution in [1.29, 1.82) is 0 Å². The molecule has 15 heavy (non-hydrogen) atoms. The molecule has 3 heteroatoms. The molecule has 0 heterocycles. The summed E-state index contributed by atoms with van der Waals surface area (Å²) in [5.74, 6) is 0. The van der Waals surface area contributed by atoms with Gasteiger partial charge in [-0.2, -0.15) is 0 Å². The minimum Gasteiger partial charge on any atom is -0.0862 e. The van der Waals surface area contributed by atoms with E-state index in [0.717, 1.165) is 10.9 Å². The number of nitrogens with zero attached hydrogens (tertiary/aromatic N) is 3. The summed E-state index contributed by atoms with van der Waals surface area (Å²) in [4.78, 5) is 2.84. The van der Waals surface area contributed by atoms with E-state index in [2.05, 4.69) is 22.2 Å². The van der Waals surface area contributed by atoms with E-state index < -0.39 is 0 Å². The van der Waals surface area contributed by atoms with Crippen LogP contribution < -0.4 is 0 Å². The lowest BCUT2D eigenvalue weighted by Crippen LogP contribution is -1.89. The molecule has 2 aromatic carbocycles. The zero-order chi connectivity index (χ0) is 10.7. The third-order valence-corrected chi connectivity index (χ3v) is 2.50. The average Bonchev–Trinajstić information content (AvgIpc) is 2.28. The van der Waals surface area contributed by atoms with Crippen LogP contribution in [0.15, 0.2) is 47.6 Å². The Morgan fingerprint density at radius 2 is 1.87 bits per heavy atom. The highest BCUT2D eigenvalue weighted by molar-refractivity contribution is 5.86. The van der Waals surface area contributed by atoms with Gasteiger partial charge in [0, 0.05) is 4.91 Å². The van der Waals surface area contributed by atoms with Crippen molar-refractivity contribution in [3.05, 3.63) is 58.5 Å². The highest BCUT2D eigenvalue weighted by Gasteiger charge is 2.06. The summed E-state index contributed by atoms with van der Waals surface area (Å²) in [5.41, 5.74) is 9.50. The summed E-state index contributed by atoms with van der Waals surface area (Å²) in [5, 5.41) is 6.05. The zero-order valence-electron chi connectivity index (χ0n) is 8.46. The lowest BCUT2D eigenvalue weighted by atomic mass is 10.0. The Bertz CT molecular complexity index is 522. The monoisotopic (exact) mass is 197 g/mol. The number of rotatable bonds is 2. The van der Waals surface area contributed by atoms with E-state index in [-0.39, 0.29) is 6.04 Å². The number of hydrogen-bond donors (Lipinski definition) is 0. The largest absolute Gasteiger partial charge is 0.0862 e. The lowest BCUT2D eigenvalue weighted by Gasteiger charge is -2.08. The molecule has 0 radical (unpaired) electrons. The van der Waals surface area contributed by atoms with E-state index in [1.54, 1.807) is 0 Å². The molecule has 0 aliphatic carbocycles. The molecule has 0 amide bonds. The van der Waals surface area contributed by atoms with Crippen LogP contribution in [0.3, 0.4) is 0 Å². The molecule has 2 aromatic rings. The summed E-state index contributed by atoms with van der Waals surface area (Å²) in [7, 11) is 0. The first-order chi connectivity index (χ1) is 7.33. The van der Waals surface area contributed by atoms with Crippen molar-refractivity contribution < 1.29 is 0 Å². The third-order valence-electron chi connectivity index (χ3n) is 2.50. The molecule has 0 bridgehead atoms. The van der Waals surface area contributed by atoms with Gasteiger partial charge < -0.3 is 0 Å². The SMILES string of the molecule is C[C@H](N=[N+]=[N-])c1cccc2ccccc12. The van der Waals surface area contributed by atoms with Crippen molar-refractivity contribution in [3.63, 3.8) is 0 Å². The van der Waals surface area contributed by atoms with Crippen molar-refractivity contribution in [3.8, 4) is 0 Å². The van der Waals surface area contributed by atoms with Gasteiger partial charge in [0.25, 0.3) is 0 Å². The smallest absolute Gasteiger partial charge is 0.0603 e. The van der Waals surface area contributed by atoms with E-state index in [0.29, 0.717) is 0 Å². The molecule has 0 unspecified atom stereocenters. The Morgan fingerprint density at radius 1 is 1.13 bits per heavy atom. The average molecular weight is 197 g/mol. The van der Waals surface area contributed by atoms with Crippen LogP contribution in [0.1, 0.15) is 18.5 Å². The topological polar surface area (TPSA) is 48.8 Å². The molecule has 0 spiro atoms. The molecular weight excluding hydrogens is 186 g/mol. The van der Waals surface area contributed by atoms with Gasteiger partial charge in [0.15, 0.2) is 0 Å². The van der Waals surface area contributed by atoms with Crippen molar-refractivity contribution in [2.45, 2.75) is 13.0 Å². The predicted octanol–water partition coefficient (Wildman–Crippen LogP) is 4.21. The molecular formula is C12H11N3. The Kier molecular flexibility index (Phi) is 2.57. The molecule has 0 N–H and O–H groups in total. The molecule has 0 saturated heterocycles. The third kappa shape index (κ3) is 1.78. The maximum Gasteiger partial charge on any atom is 0.0603 e. The van der Waals surface area contributed by atoms with Gasteiger partial charge in [-0.3, -0.25) is 0 Å². The van der Waals surface area contributed by atoms with Crippen LogP contribution in [-0.2, 0) is 0 Å². The highest BCUT2D eigenvalue weighted by Crippen LogP contribution is 2.26. The first kappa shape index (κ1) is 9.56. The van der Waals surface area contributed by atoms with Crippen LogP contribution in [0.4, 0.5) is 0 Å². The van der Waals surface area contributed by atoms with Crippen LogP contribution >= 0.6 is 0 Å². The van der Waals surface area contributed by atoms with Gasteiger partial charge in [-0.1, -0.05) is 54.5 Å². The summed E-state index contributed by atoms with van der Waals surface area (Å²) in [6, 6.07) is 14.0. The van der Waals surface area contributed by atoms with Gasteiger partial charge in [0.05, 0.1) is 6.04 Å². The molecule has 0 fully saturated rings. The van der Waals surface area contributed by atoms with Gasteiger partial charge in [0.2, 0.25) is 0 Å². The van der Waals surface area contributed by atoms with Crippen molar-refractivity contribution in [2.24, 2.45) is 5.11 Å². The molecule has 2 rings (SSSR count). The van der Waals surface area contributed by atoms with E-state index in [4.69, 9.17) is 5.53 Å². The summed E-state index contributed by atoms with van der Waals surface area (Å²) >= 11 is 0. The van der Waals surface area contributed by atoms with E-state index >= 15 is 0 Å². The Hall–Kier alpha value is -1.99. The number of azide groups is 1. The van der Waals surface area contributed by atoms with Crippen molar-refractivity contribution in [1.82, 2.24) is 0 Å². The molecule has 0 aliphatic heterocycles. The fraction of sp³-hybridized carbons (Fsp3) is 0.167. The van der Waals surface area contributed by atoms with Gasteiger partial charge in [-0.05, 0) is 21.9 Å². The van der Waals surface area contributed by atoms with E-state index in [9.17, 15) is 0 Å². The molecule has 74 valence electrons. The van der Waals surface area contributed by atoms with E-state index in [1.165, 1.54) is 5.39 Å². The first-order valence-corrected chi connectivity index (χ1v) is 4.85. The second-order valence-electron chi connectivity index (χ2n) is 3.45. The fourth-order valence-electron chi connectivity index (χ4n) is 1.75. The molecule has 0 aromatic heterocycles. The molecule has 3 nitrogen and oxygen atoms in total. The summed E-state index contributed by atoms with van der Waals surface area (Å²) < 4.78 is 0.